The number of carbonyl (C=O) groups is 2. The van der Waals surface area contributed by atoms with Gasteiger partial charge in [0.05, 0.1) is 11.5 Å². The van der Waals surface area contributed by atoms with E-state index in [0.29, 0.717) is 12.8 Å². The first-order chi connectivity index (χ1) is 9.37. The summed E-state index contributed by atoms with van der Waals surface area (Å²) in [4.78, 5) is 26.6. The van der Waals surface area contributed by atoms with Crippen LogP contribution in [0, 0.1) is 22.7 Å². The van der Waals surface area contributed by atoms with Crippen molar-refractivity contribution in [3.63, 3.8) is 0 Å². The molecule has 4 nitrogen and oxygen atoms in total. The molecule has 0 aromatic heterocycles. The molecule has 0 N–H and O–H groups in total. The summed E-state index contributed by atoms with van der Waals surface area (Å²) in [5.41, 5.74) is -1.54. The zero-order valence-corrected chi connectivity index (χ0v) is 12.7. The molecule has 2 rings (SSSR count). The Bertz CT molecular complexity index is 456. The first-order valence-electron chi connectivity index (χ1n) is 7.66. The molecule has 0 radical (unpaired) electrons. The first-order valence-corrected chi connectivity index (χ1v) is 7.66. The van der Waals surface area contributed by atoms with Gasteiger partial charge < -0.3 is 0 Å². The summed E-state index contributed by atoms with van der Waals surface area (Å²) in [6, 6.07) is 2.32. The van der Waals surface area contributed by atoms with Gasteiger partial charge in [0.15, 0.2) is 0 Å². The fourth-order valence-electron chi connectivity index (χ4n) is 3.42. The molecule has 20 heavy (non-hydrogen) atoms. The summed E-state index contributed by atoms with van der Waals surface area (Å²) in [7, 11) is 0. The van der Waals surface area contributed by atoms with Gasteiger partial charge in [-0.25, -0.2) is 0 Å². The molecule has 0 spiro atoms. The number of hydrogen-bond acceptors (Lipinski definition) is 3. The van der Waals surface area contributed by atoms with E-state index in [9.17, 15) is 14.9 Å². The molecule has 1 saturated heterocycles. The molecule has 110 valence electrons. The number of imide groups is 1. The van der Waals surface area contributed by atoms with E-state index in [-0.39, 0.29) is 24.2 Å². The van der Waals surface area contributed by atoms with E-state index in [1.54, 1.807) is 0 Å². The van der Waals surface area contributed by atoms with Crippen LogP contribution in [0.5, 0.6) is 0 Å². The Morgan fingerprint density at radius 1 is 1.15 bits per heavy atom. The highest BCUT2D eigenvalue weighted by molar-refractivity contribution is 6.07. The molecule has 1 heterocycles. The normalized spacial score (nSPS) is 30.4. The van der Waals surface area contributed by atoms with Crippen molar-refractivity contribution in [1.82, 2.24) is 4.90 Å². The maximum atomic E-state index is 12.8. The highest BCUT2D eigenvalue weighted by Crippen LogP contribution is 2.45. The van der Waals surface area contributed by atoms with E-state index in [0.717, 1.165) is 25.7 Å². The second-order valence-corrected chi connectivity index (χ2v) is 6.84. The Hall–Kier alpha value is -1.37. The van der Waals surface area contributed by atoms with Gasteiger partial charge in [0, 0.05) is 6.42 Å². The maximum absolute atomic E-state index is 12.8. The number of nitriles is 1. The number of rotatable bonds is 2. The Morgan fingerprint density at radius 2 is 1.70 bits per heavy atom. The van der Waals surface area contributed by atoms with E-state index in [1.807, 2.05) is 20.8 Å². The quantitative estimate of drug-likeness (QED) is 0.575. The third-order valence-corrected chi connectivity index (χ3v) is 5.30. The second kappa shape index (κ2) is 5.20. The van der Waals surface area contributed by atoms with Crippen molar-refractivity contribution in [1.29, 1.82) is 5.26 Å². The molecule has 1 atom stereocenters. The van der Waals surface area contributed by atoms with E-state index < -0.39 is 11.0 Å². The minimum Gasteiger partial charge on any atom is -0.274 e. The van der Waals surface area contributed by atoms with Crippen molar-refractivity contribution in [2.75, 3.05) is 0 Å². The van der Waals surface area contributed by atoms with Gasteiger partial charge >= 0.3 is 0 Å². The lowest BCUT2D eigenvalue weighted by atomic mass is 9.77. The monoisotopic (exact) mass is 276 g/mol. The molecule has 1 saturated carbocycles. The highest BCUT2D eigenvalue weighted by atomic mass is 16.2. The van der Waals surface area contributed by atoms with Gasteiger partial charge in [-0.15, -0.1) is 0 Å². The van der Waals surface area contributed by atoms with Gasteiger partial charge in [0.1, 0.15) is 5.54 Å². The number of amides is 2. The molecule has 1 unspecified atom stereocenters. The van der Waals surface area contributed by atoms with Crippen LogP contribution < -0.4 is 0 Å². The number of hydrogen-bond donors (Lipinski definition) is 0. The molecular weight excluding hydrogens is 252 g/mol. The van der Waals surface area contributed by atoms with Crippen LogP contribution >= 0.6 is 0 Å². The predicted octanol–water partition coefficient (Wildman–Crippen LogP) is 3.02. The van der Waals surface area contributed by atoms with E-state index in [2.05, 4.69) is 6.07 Å². The fraction of sp³-hybridized carbons (Fsp3) is 0.812. The molecule has 0 aromatic carbocycles. The zero-order chi connectivity index (χ0) is 15.0. The lowest BCUT2D eigenvalue weighted by Crippen LogP contribution is -2.52. The van der Waals surface area contributed by atoms with Crippen molar-refractivity contribution in [2.24, 2.45) is 11.3 Å². The molecule has 1 aliphatic heterocycles. The lowest BCUT2D eigenvalue weighted by molar-refractivity contribution is -0.147. The Morgan fingerprint density at radius 3 is 2.10 bits per heavy atom. The minimum absolute atomic E-state index is 0.102. The van der Waals surface area contributed by atoms with Crippen LogP contribution in [0.2, 0.25) is 0 Å². The third kappa shape index (κ3) is 2.13. The summed E-state index contributed by atoms with van der Waals surface area (Å²) in [6.45, 7) is 5.81. The van der Waals surface area contributed by atoms with Crippen molar-refractivity contribution in [3.8, 4) is 6.07 Å². The Labute approximate surface area is 121 Å². The summed E-state index contributed by atoms with van der Waals surface area (Å²) >= 11 is 0. The molecule has 1 aliphatic carbocycles. The minimum atomic E-state index is -0.892. The Balaban J connectivity index is 2.38. The molecule has 0 aromatic rings. The van der Waals surface area contributed by atoms with Crippen LogP contribution in [0.4, 0.5) is 0 Å². The number of nitrogens with zero attached hydrogens (tertiary/aromatic N) is 2. The highest BCUT2D eigenvalue weighted by Gasteiger charge is 2.56. The average Bonchev–Trinajstić information content (AvgIpc) is 2.60. The molecule has 0 bridgehead atoms. The van der Waals surface area contributed by atoms with Crippen LogP contribution in [0.25, 0.3) is 0 Å². The first kappa shape index (κ1) is 15.0. The van der Waals surface area contributed by atoms with Gasteiger partial charge in [-0.3, -0.25) is 14.5 Å². The predicted molar refractivity (Wildman–Crippen MR) is 75.5 cm³/mol. The summed E-state index contributed by atoms with van der Waals surface area (Å²) < 4.78 is 0. The van der Waals surface area contributed by atoms with E-state index in [1.165, 1.54) is 4.90 Å². The van der Waals surface area contributed by atoms with Gasteiger partial charge in [-0.2, -0.15) is 5.26 Å². The number of carbonyl (C=O) groups excluding carboxylic acids is 2. The molecule has 4 heteroatoms. The average molecular weight is 276 g/mol. The second-order valence-electron chi connectivity index (χ2n) is 6.84. The van der Waals surface area contributed by atoms with Crippen LogP contribution in [0.15, 0.2) is 0 Å². The molecule has 2 aliphatic rings. The molecule has 2 fully saturated rings. The van der Waals surface area contributed by atoms with Gasteiger partial charge in [0.25, 0.3) is 0 Å². The SMILES string of the molecule is CC(C)C1(C)CC(=O)N(C2(C#N)CCCCCC2)C1=O. The largest absolute Gasteiger partial charge is 0.274 e. The summed E-state index contributed by atoms with van der Waals surface area (Å²) in [5.74, 6) is -0.193. The fourth-order valence-corrected chi connectivity index (χ4v) is 3.42. The Kier molecular flexibility index (Phi) is 3.90. The van der Waals surface area contributed by atoms with Crippen LogP contribution in [-0.2, 0) is 9.59 Å². The van der Waals surface area contributed by atoms with Crippen LogP contribution in [0.3, 0.4) is 0 Å². The van der Waals surface area contributed by atoms with Crippen molar-refractivity contribution >= 4 is 11.8 Å². The maximum Gasteiger partial charge on any atom is 0.237 e. The van der Waals surface area contributed by atoms with Crippen molar-refractivity contribution < 1.29 is 9.59 Å². The van der Waals surface area contributed by atoms with Gasteiger partial charge in [0.2, 0.25) is 11.8 Å². The summed E-state index contributed by atoms with van der Waals surface area (Å²) in [5, 5.41) is 9.68. The molecular formula is C16H24N2O2. The van der Waals surface area contributed by atoms with Crippen molar-refractivity contribution in [3.05, 3.63) is 0 Å². The van der Waals surface area contributed by atoms with E-state index in [4.69, 9.17) is 0 Å². The third-order valence-electron chi connectivity index (χ3n) is 5.30. The molecule has 2 amide bonds. The smallest absolute Gasteiger partial charge is 0.237 e. The van der Waals surface area contributed by atoms with Crippen LogP contribution in [0.1, 0.15) is 65.7 Å². The van der Waals surface area contributed by atoms with Gasteiger partial charge in [-0.1, -0.05) is 39.5 Å². The van der Waals surface area contributed by atoms with Crippen molar-refractivity contribution in [2.45, 2.75) is 71.3 Å². The topological polar surface area (TPSA) is 61.2 Å². The van der Waals surface area contributed by atoms with Crippen LogP contribution in [-0.4, -0.2) is 22.3 Å². The summed E-state index contributed by atoms with van der Waals surface area (Å²) in [6.07, 6.45) is 5.52. The van der Waals surface area contributed by atoms with E-state index >= 15 is 0 Å². The van der Waals surface area contributed by atoms with Gasteiger partial charge in [-0.05, 0) is 25.7 Å². The standard InChI is InChI=1S/C16H24N2O2/c1-12(2)15(3)10-13(19)18(14(15)20)16(11-17)8-6-4-5-7-9-16/h12H,4-10H2,1-3H3. The number of likely N-dealkylation sites (tertiary alicyclic amines) is 1. The lowest BCUT2D eigenvalue weighted by Gasteiger charge is -2.35. The zero-order valence-electron chi connectivity index (χ0n) is 12.7.